The van der Waals surface area contributed by atoms with E-state index in [0.717, 1.165) is 12.0 Å². The van der Waals surface area contributed by atoms with E-state index in [2.05, 4.69) is 19.2 Å². The van der Waals surface area contributed by atoms with Gasteiger partial charge >= 0.3 is 0 Å². The summed E-state index contributed by atoms with van der Waals surface area (Å²) in [4.78, 5) is 11.8. The fourth-order valence-corrected chi connectivity index (χ4v) is 1.97. The minimum absolute atomic E-state index is 0.0505. The van der Waals surface area contributed by atoms with Crippen molar-refractivity contribution in [2.24, 2.45) is 5.92 Å². The highest BCUT2D eigenvalue weighted by Crippen LogP contribution is 2.08. The number of benzene rings is 1. The molecule has 18 heavy (non-hydrogen) atoms. The standard InChI is InChI=1S/C14H19ClFNO/c1-10(2)13(7-8-15)17-14(18)9-11-3-5-12(16)6-4-11/h3-6,10,13H,7-9H2,1-2H3,(H,17,18). The largest absolute Gasteiger partial charge is 0.353 e. The number of hydrogen-bond acceptors (Lipinski definition) is 1. The van der Waals surface area contributed by atoms with Crippen LogP contribution in [0.25, 0.3) is 0 Å². The van der Waals surface area contributed by atoms with Crippen LogP contribution in [0.2, 0.25) is 0 Å². The van der Waals surface area contributed by atoms with Crippen molar-refractivity contribution >= 4 is 17.5 Å². The molecule has 1 N–H and O–H groups in total. The zero-order chi connectivity index (χ0) is 13.5. The van der Waals surface area contributed by atoms with E-state index in [1.165, 1.54) is 12.1 Å². The lowest BCUT2D eigenvalue weighted by atomic mass is 10.0. The number of alkyl halides is 1. The van der Waals surface area contributed by atoms with Gasteiger partial charge in [0.05, 0.1) is 6.42 Å². The van der Waals surface area contributed by atoms with Gasteiger partial charge in [-0.3, -0.25) is 4.79 Å². The highest BCUT2D eigenvalue weighted by molar-refractivity contribution is 6.17. The van der Waals surface area contributed by atoms with Crippen molar-refractivity contribution in [3.63, 3.8) is 0 Å². The van der Waals surface area contributed by atoms with Crippen LogP contribution in [-0.2, 0) is 11.2 Å². The van der Waals surface area contributed by atoms with Gasteiger partial charge in [-0.2, -0.15) is 0 Å². The molecule has 0 aliphatic heterocycles. The van der Waals surface area contributed by atoms with Gasteiger partial charge in [0.1, 0.15) is 5.82 Å². The summed E-state index contributed by atoms with van der Waals surface area (Å²) in [6.45, 7) is 4.10. The fraction of sp³-hybridized carbons (Fsp3) is 0.500. The predicted molar refractivity (Wildman–Crippen MR) is 72.2 cm³/mol. The molecule has 0 fully saturated rings. The van der Waals surface area contributed by atoms with Crippen molar-refractivity contribution in [2.45, 2.75) is 32.7 Å². The predicted octanol–water partition coefficient (Wildman–Crippen LogP) is 3.14. The highest BCUT2D eigenvalue weighted by Gasteiger charge is 2.15. The van der Waals surface area contributed by atoms with E-state index in [1.807, 2.05) is 0 Å². The summed E-state index contributed by atoms with van der Waals surface area (Å²) >= 11 is 5.71. The van der Waals surface area contributed by atoms with E-state index in [9.17, 15) is 9.18 Å². The van der Waals surface area contributed by atoms with Crippen LogP contribution >= 0.6 is 11.6 Å². The van der Waals surface area contributed by atoms with Crippen molar-refractivity contribution < 1.29 is 9.18 Å². The molecule has 0 aliphatic rings. The third-order valence-corrected chi connectivity index (χ3v) is 3.07. The summed E-state index contributed by atoms with van der Waals surface area (Å²) in [6, 6.07) is 6.07. The Kier molecular flexibility index (Phi) is 6.13. The van der Waals surface area contributed by atoms with Gasteiger partial charge in [0.25, 0.3) is 0 Å². The molecule has 0 aromatic heterocycles. The van der Waals surface area contributed by atoms with Crippen LogP contribution in [0.1, 0.15) is 25.8 Å². The van der Waals surface area contributed by atoms with Gasteiger partial charge < -0.3 is 5.32 Å². The Morgan fingerprint density at radius 3 is 2.44 bits per heavy atom. The number of amides is 1. The zero-order valence-electron chi connectivity index (χ0n) is 10.7. The van der Waals surface area contributed by atoms with E-state index < -0.39 is 0 Å². The number of carbonyl (C=O) groups excluding carboxylic acids is 1. The molecule has 1 unspecified atom stereocenters. The van der Waals surface area contributed by atoms with Gasteiger partial charge in [-0.05, 0) is 30.0 Å². The fourth-order valence-electron chi connectivity index (χ4n) is 1.74. The molecule has 1 atom stereocenters. The summed E-state index contributed by atoms with van der Waals surface area (Å²) in [5, 5.41) is 2.96. The summed E-state index contributed by atoms with van der Waals surface area (Å²) in [7, 11) is 0. The number of carbonyl (C=O) groups is 1. The maximum absolute atomic E-state index is 12.7. The average Bonchev–Trinajstić information content (AvgIpc) is 2.31. The van der Waals surface area contributed by atoms with E-state index in [-0.39, 0.29) is 24.2 Å². The summed E-state index contributed by atoms with van der Waals surface area (Å²) in [6.07, 6.45) is 1.03. The first kappa shape index (κ1) is 15.0. The second kappa shape index (κ2) is 7.37. The molecule has 1 aromatic rings. The number of nitrogens with one attached hydrogen (secondary N) is 1. The SMILES string of the molecule is CC(C)C(CCCl)NC(=O)Cc1ccc(F)cc1. The molecule has 1 amide bonds. The monoisotopic (exact) mass is 271 g/mol. The minimum atomic E-state index is -0.290. The van der Waals surface area contributed by atoms with Crippen molar-refractivity contribution in [3.8, 4) is 0 Å². The van der Waals surface area contributed by atoms with E-state index >= 15 is 0 Å². The molecule has 2 nitrogen and oxygen atoms in total. The third kappa shape index (κ3) is 5.05. The maximum Gasteiger partial charge on any atom is 0.224 e. The van der Waals surface area contributed by atoms with Gasteiger partial charge in [-0.1, -0.05) is 26.0 Å². The van der Waals surface area contributed by atoms with Gasteiger partial charge in [-0.15, -0.1) is 11.6 Å². The molecule has 1 aromatic carbocycles. The maximum atomic E-state index is 12.7. The van der Waals surface area contributed by atoms with Crippen LogP contribution in [0.4, 0.5) is 4.39 Å². The minimum Gasteiger partial charge on any atom is -0.353 e. The molecule has 0 heterocycles. The molecule has 0 saturated heterocycles. The first-order valence-corrected chi connectivity index (χ1v) is 6.66. The van der Waals surface area contributed by atoms with Crippen LogP contribution in [0.15, 0.2) is 24.3 Å². The zero-order valence-corrected chi connectivity index (χ0v) is 11.5. The van der Waals surface area contributed by atoms with E-state index in [1.54, 1.807) is 12.1 Å². The molecule has 0 radical (unpaired) electrons. The second-order valence-corrected chi connectivity index (χ2v) is 5.08. The number of halogens is 2. The number of hydrogen-bond donors (Lipinski definition) is 1. The van der Waals surface area contributed by atoms with Gasteiger partial charge in [0.2, 0.25) is 5.91 Å². The average molecular weight is 272 g/mol. The highest BCUT2D eigenvalue weighted by atomic mass is 35.5. The third-order valence-electron chi connectivity index (χ3n) is 2.85. The molecule has 4 heteroatoms. The van der Waals surface area contributed by atoms with E-state index in [0.29, 0.717) is 11.8 Å². The lowest BCUT2D eigenvalue weighted by Gasteiger charge is -2.21. The Morgan fingerprint density at radius 2 is 1.94 bits per heavy atom. The molecule has 100 valence electrons. The van der Waals surface area contributed by atoms with Crippen LogP contribution < -0.4 is 5.32 Å². The summed E-state index contributed by atoms with van der Waals surface area (Å²) in [5.74, 6) is 0.535. The second-order valence-electron chi connectivity index (χ2n) is 4.70. The smallest absolute Gasteiger partial charge is 0.224 e. The van der Waals surface area contributed by atoms with Crippen LogP contribution in [0.3, 0.4) is 0 Å². The van der Waals surface area contributed by atoms with Crippen molar-refractivity contribution in [2.75, 3.05) is 5.88 Å². The van der Waals surface area contributed by atoms with Crippen molar-refractivity contribution in [1.82, 2.24) is 5.32 Å². The molecular formula is C14H19ClFNO. The molecule has 0 aliphatic carbocycles. The Morgan fingerprint density at radius 1 is 1.33 bits per heavy atom. The molecular weight excluding hydrogens is 253 g/mol. The van der Waals surface area contributed by atoms with E-state index in [4.69, 9.17) is 11.6 Å². The number of rotatable bonds is 6. The van der Waals surface area contributed by atoms with Gasteiger partial charge in [0.15, 0.2) is 0 Å². The molecule has 0 spiro atoms. The Bertz CT molecular complexity index is 378. The topological polar surface area (TPSA) is 29.1 Å². The van der Waals surface area contributed by atoms with Gasteiger partial charge in [-0.25, -0.2) is 4.39 Å². The Labute approximate surface area is 113 Å². The molecule has 1 rings (SSSR count). The van der Waals surface area contributed by atoms with Crippen LogP contribution in [0, 0.1) is 11.7 Å². The molecule has 0 bridgehead atoms. The van der Waals surface area contributed by atoms with Crippen LogP contribution in [0.5, 0.6) is 0 Å². The first-order chi connectivity index (χ1) is 8.52. The van der Waals surface area contributed by atoms with Crippen LogP contribution in [-0.4, -0.2) is 17.8 Å². The normalized spacial score (nSPS) is 12.5. The van der Waals surface area contributed by atoms with Crippen molar-refractivity contribution in [3.05, 3.63) is 35.6 Å². The Balaban J connectivity index is 2.52. The van der Waals surface area contributed by atoms with Gasteiger partial charge in [0, 0.05) is 11.9 Å². The first-order valence-electron chi connectivity index (χ1n) is 6.12. The quantitative estimate of drug-likeness (QED) is 0.792. The summed E-state index contributed by atoms with van der Waals surface area (Å²) < 4.78 is 12.7. The lowest BCUT2D eigenvalue weighted by Crippen LogP contribution is -2.39. The summed E-state index contributed by atoms with van der Waals surface area (Å²) in [5.41, 5.74) is 0.808. The lowest BCUT2D eigenvalue weighted by molar-refractivity contribution is -0.121. The van der Waals surface area contributed by atoms with Crippen molar-refractivity contribution in [1.29, 1.82) is 0 Å². The Hall–Kier alpha value is -1.09. The molecule has 0 saturated carbocycles.